The van der Waals surface area contributed by atoms with E-state index >= 15 is 13.2 Å². The Labute approximate surface area is 265 Å². The maximum Gasteiger partial charge on any atom is 0.227 e. The number of hydrogen-bond donors (Lipinski definition) is 1. The molecule has 1 unspecified atom stereocenters. The van der Waals surface area contributed by atoms with Crippen LogP contribution in [0.25, 0.3) is 11.3 Å². The van der Waals surface area contributed by atoms with Crippen LogP contribution in [0.3, 0.4) is 0 Å². The molecule has 1 atom stereocenters. The highest BCUT2D eigenvalue weighted by molar-refractivity contribution is 5.73. The molecule has 0 radical (unpaired) electrons. The molecule has 3 aliphatic rings. The summed E-state index contributed by atoms with van der Waals surface area (Å²) in [7, 11) is 4.13. The van der Waals surface area contributed by atoms with E-state index in [1.54, 1.807) is 24.3 Å². The molecule has 240 valence electrons. The molecule has 46 heavy (non-hydrogen) atoms. The van der Waals surface area contributed by atoms with Crippen molar-refractivity contribution in [3.05, 3.63) is 89.1 Å². The lowest BCUT2D eigenvalue weighted by atomic mass is 9.86. The summed E-state index contributed by atoms with van der Waals surface area (Å²) in [6, 6.07) is 12.8. The first kappa shape index (κ1) is 30.3. The maximum absolute atomic E-state index is 15.6. The molecule has 2 aliphatic heterocycles. The number of halogens is 4. The van der Waals surface area contributed by atoms with Gasteiger partial charge in [-0.2, -0.15) is 0 Å². The minimum atomic E-state index is -0.735. The summed E-state index contributed by atoms with van der Waals surface area (Å²) < 4.78 is 66.0. The third-order valence-corrected chi connectivity index (χ3v) is 9.44. The number of ether oxygens (including phenoxy) is 1. The Bertz CT molecular complexity index is 1760. The first-order valence-corrected chi connectivity index (χ1v) is 15.8. The predicted octanol–water partition coefficient (Wildman–Crippen LogP) is 7.25. The van der Waals surface area contributed by atoms with Gasteiger partial charge in [-0.05, 0) is 99.8 Å². The van der Waals surface area contributed by atoms with Crippen LogP contribution in [-0.4, -0.2) is 61.2 Å². The average Bonchev–Trinajstić information content (AvgIpc) is 3.05. The van der Waals surface area contributed by atoms with Crippen molar-refractivity contribution >= 4 is 23.0 Å². The van der Waals surface area contributed by atoms with Crippen molar-refractivity contribution in [3.8, 4) is 17.0 Å². The number of nitrogens with zero attached hydrogens (tertiary/aromatic N) is 5. The fraction of sp³-hybridized carbons (Fsp3) is 0.371. The van der Waals surface area contributed by atoms with E-state index in [1.807, 2.05) is 15.9 Å². The normalized spacial score (nSPS) is 18.3. The van der Waals surface area contributed by atoms with Gasteiger partial charge in [0.25, 0.3) is 0 Å². The van der Waals surface area contributed by atoms with Gasteiger partial charge in [0.1, 0.15) is 23.9 Å². The molecule has 1 N–H and O–H groups in total. The van der Waals surface area contributed by atoms with Crippen molar-refractivity contribution in [1.29, 1.82) is 0 Å². The number of benzene rings is 3. The number of fused-ring (bicyclic) bond motifs is 2. The van der Waals surface area contributed by atoms with Crippen LogP contribution >= 0.6 is 0 Å². The highest BCUT2D eigenvalue weighted by Crippen LogP contribution is 2.45. The molecule has 1 aliphatic carbocycles. The second-order valence-electron chi connectivity index (χ2n) is 12.5. The van der Waals surface area contributed by atoms with Gasteiger partial charge in [0, 0.05) is 30.4 Å². The van der Waals surface area contributed by atoms with Gasteiger partial charge in [-0.3, -0.25) is 0 Å². The van der Waals surface area contributed by atoms with Crippen molar-refractivity contribution in [3.63, 3.8) is 0 Å². The number of rotatable bonds is 6. The average molecular weight is 633 g/mol. The lowest BCUT2D eigenvalue weighted by Crippen LogP contribution is -2.42. The van der Waals surface area contributed by atoms with Crippen LogP contribution in [0, 0.1) is 23.3 Å². The second-order valence-corrected chi connectivity index (χ2v) is 12.5. The van der Waals surface area contributed by atoms with Gasteiger partial charge in [0.05, 0.1) is 30.2 Å². The third-order valence-electron chi connectivity index (χ3n) is 9.44. The van der Waals surface area contributed by atoms with Crippen LogP contribution in [0.2, 0.25) is 0 Å². The lowest BCUT2D eigenvalue weighted by molar-refractivity contribution is 0.249. The smallest absolute Gasteiger partial charge is 0.227 e. The monoisotopic (exact) mass is 632 g/mol. The van der Waals surface area contributed by atoms with Crippen LogP contribution in [0.4, 0.5) is 40.6 Å². The van der Waals surface area contributed by atoms with Crippen molar-refractivity contribution < 1.29 is 22.3 Å². The number of anilines is 4. The Hall–Kier alpha value is -4.38. The number of nitrogens with one attached hydrogen (secondary N) is 1. The zero-order valence-corrected chi connectivity index (χ0v) is 25.9. The minimum absolute atomic E-state index is 0.0401. The van der Waals surface area contributed by atoms with Crippen molar-refractivity contribution in [1.82, 2.24) is 14.9 Å². The van der Waals surface area contributed by atoms with E-state index in [0.29, 0.717) is 29.6 Å². The van der Waals surface area contributed by atoms with Gasteiger partial charge >= 0.3 is 0 Å². The molecule has 7 nitrogen and oxygen atoms in total. The van der Waals surface area contributed by atoms with Crippen LogP contribution < -0.4 is 19.9 Å². The summed E-state index contributed by atoms with van der Waals surface area (Å²) in [5.41, 5.74) is 3.43. The van der Waals surface area contributed by atoms with E-state index in [1.165, 1.54) is 18.2 Å². The molecule has 3 heterocycles. The molecule has 0 bridgehead atoms. The van der Waals surface area contributed by atoms with E-state index in [4.69, 9.17) is 4.74 Å². The highest BCUT2D eigenvalue weighted by Gasteiger charge is 2.32. The van der Waals surface area contributed by atoms with Crippen LogP contribution in [0.1, 0.15) is 42.9 Å². The molecule has 0 amide bonds. The molecule has 0 saturated carbocycles. The fourth-order valence-corrected chi connectivity index (χ4v) is 7.05. The number of aryl methyl sites for hydroxylation is 1. The zero-order valence-electron chi connectivity index (χ0n) is 25.9. The van der Waals surface area contributed by atoms with Crippen LogP contribution in [0.15, 0.2) is 54.7 Å². The number of aromatic nitrogens is 2. The second kappa shape index (κ2) is 12.4. The van der Waals surface area contributed by atoms with Crippen LogP contribution in [-0.2, 0) is 6.42 Å². The molecule has 0 spiro atoms. The SMILES string of the molecule is CN(C)C1CCN(c2ccc(Nc3ncc(F)c(-c4cc(F)c5c(c4)N(C4CCCc6ccc(F)cc64)CCO5)n3)cc2F)CC1. The van der Waals surface area contributed by atoms with Crippen molar-refractivity contribution in [2.24, 2.45) is 0 Å². The van der Waals surface area contributed by atoms with Gasteiger partial charge in [-0.1, -0.05) is 6.07 Å². The van der Waals surface area contributed by atoms with E-state index in [2.05, 4.69) is 34.3 Å². The summed E-state index contributed by atoms with van der Waals surface area (Å²) in [6.45, 7) is 2.26. The first-order valence-electron chi connectivity index (χ1n) is 15.8. The molecule has 11 heteroatoms. The zero-order chi connectivity index (χ0) is 31.9. The summed E-state index contributed by atoms with van der Waals surface area (Å²) in [6.07, 6.45) is 5.44. The summed E-state index contributed by atoms with van der Waals surface area (Å²) in [5, 5.41) is 2.97. The van der Waals surface area contributed by atoms with Crippen molar-refractivity contribution in [2.45, 2.75) is 44.2 Å². The summed E-state index contributed by atoms with van der Waals surface area (Å²) in [5.74, 6) is -1.96. The van der Waals surface area contributed by atoms with Gasteiger partial charge in [-0.25, -0.2) is 27.5 Å². The molecule has 4 aromatic rings. The van der Waals surface area contributed by atoms with E-state index < -0.39 is 11.6 Å². The van der Waals surface area contributed by atoms with Gasteiger partial charge < -0.3 is 24.8 Å². The van der Waals surface area contributed by atoms with Crippen molar-refractivity contribution in [2.75, 3.05) is 55.5 Å². The third kappa shape index (κ3) is 5.84. The predicted molar refractivity (Wildman–Crippen MR) is 171 cm³/mol. The molecule has 1 aromatic heterocycles. The van der Waals surface area contributed by atoms with Gasteiger partial charge in [-0.15, -0.1) is 0 Å². The quantitative estimate of drug-likeness (QED) is 0.225. The molecule has 1 saturated heterocycles. The largest absolute Gasteiger partial charge is 0.486 e. The number of hydrogen-bond acceptors (Lipinski definition) is 7. The minimum Gasteiger partial charge on any atom is -0.486 e. The number of piperidine rings is 1. The van der Waals surface area contributed by atoms with E-state index in [0.717, 1.165) is 62.5 Å². The Morgan fingerprint density at radius 3 is 2.48 bits per heavy atom. The summed E-state index contributed by atoms with van der Waals surface area (Å²) in [4.78, 5) is 14.7. The topological polar surface area (TPSA) is 56.8 Å². The molecular formula is C35H36F4N6O. The van der Waals surface area contributed by atoms with Gasteiger partial charge in [0.15, 0.2) is 17.4 Å². The molecule has 3 aromatic carbocycles. The molecule has 1 fully saturated rings. The molecule has 7 rings (SSSR count). The highest BCUT2D eigenvalue weighted by atomic mass is 19.1. The Morgan fingerprint density at radius 1 is 0.870 bits per heavy atom. The lowest BCUT2D eigenvalue weighted by Gasteiger charge is -2.40. The van der Waals surface area contributed by atoms with E-state index in [-0.39, 0.29) is 47.2 Å². The van der Waals surface area contributed by atoms with Gasteiger partial charge in [0.2, 0.25) is 5.95 Å². The Kier molecular flexibility index (Phi) is 8.18. The fourth-order valence-electron chi connectivity index (χ4n) is 7.05. The molecular weight excluding hydrogens is 596 g/mol. The first-order chi connectivity index (χ1) is 22.2. The summed E-state index contributed by atoms with van der Waals surface area (Å²) >= 11 is 0. The standard InChI is InChI=1S/C35H36F4N6O/c1-43(2)25-10-12-44(13-11-25)31-9-8-24(19-27(31)37)41-35-40-20-29(39)33(42-35)22-16-28(38)34-32(17-22)45(14-15-46-34)30-5-3-4-21-6-7-23(36)18-26(21)30/h6-9,16-20,25,30H,3-5,10-15H2,1-2H3,(H,40,41,42). The van der Waals surface area contributed by atoms with E-state index in [9.17, 15) is 4.39 Å². The maximum atomic E-state index is 15.6. The van der Waals surface area contributed by atoms with Crippen LogP contribution in [0.5, 0.6) is 5.75 Å². The Balaban J connectivity index is 1.15. The Morgan fingerprint density at radius 2 is 1.70 bits per heavy atom.